The van der Waals surface area contributed by atoms with Crippen LogP contribution in [0.4, 0.5) is 5.69 Å². The Labute approximate surface area is 171 Å². The number of fused-ring (bicyclic) bond motifs is 1. The monoisotopic (exact) mass is 395 g/mol. The number of nitrogens with zero attached hydrogens (tertiary/aromatic N) is 4. The van der Waals surface area contributed by atoms with Crippen LogP contribution >= 0.6 is 0 Å². The van der Waals surface area contributed by atoms with Gasteiger partial charge in [0.1, 0.15) is 5.75 Å². The molecule has 0 atom stereocenters. The Morgan fingerprint density at radius 3 is 2.72 bits per heavy atom. The van der Waals surface area contributed by atoms with Crippen molar-refractivity contribution in [2.24, 2.45) is 0 Å². The number of anilines is 1. The number of ether oxygens (including phenoxy) is 2. The van der Waals surface area contributed by atoms with Crippen LogP contribution in [0.1, 0.15) is 19.8 Å². The minimum atomic E-state index is 0.656. The van der Waals surface area contributed by atoms with Gasteiger partial charge in [0, 0.05) is 37.6 Å². The van der Waals surface area contributed by atoms with Crippen molar-refractivity contribution in [3.8, 4) is 11.6 Å². The molecule has 0 spiro atoms. The number of unbranched alkanes of at least 4 members (excludes halogenated alkanes) is 1. The molecule has 0 saturated carbocycles. The average molecular weight is 396 g/mol. The first-order valence-corrected chi connectivity index (χ1v) is 10.5. The molecule has 0 amide bonds. The van der Waals surface area contributed by atoms with Crippen molar-refractivity contribution in [3.05, 3.63) is 42.6 Å². The van der Waals surface area contributed by atoms with Gasteiger partial charge in [-0.15, -0.1) is 0 Å². The molecule has 1 fully saturated rings. The molecule has 4 rings (SSSR count). The van der Waals surface area contributed by atoms with Crippen LogP contribution in [-0.2, 0) is 0 Å². The van der Waals surface area contributed by atoms with E-state index in [1.165, 1.54) is 5.69 Å². The summed E-state index contributed by atoms with van der Waals surface area (Å²) >= 11 is 0. The van der Waals surface area contributed by atoms with E-state index in [4.69, 9.17) is 9.47 Å². The molecule has 7 nitrogen and oxygen atoms in total. The van der Waals surface area contributed by atoms with Crippen molar-refractivity contribution in [1.29, 1.82) is 0 Å². The Balaban J connectivity index is 1.16. The lowest BCUT2D eigenvalue weighted by Crippen LogP contribution is -2.46. The van der Waals surface area contributed by atoms with Crippen LogP contribution in [0.3, 0.4) is 0 Å². The molecule has 1 saturated heterocycles. The van der Waals surface area contributed by atoms with Crippen LogP contribution in [0.5, 0.6) is 11.6 Å². The zero-order valence-corrected chi connectivity index (χ0v) is 17.0. The number of aromatic amines is 1. The third-order valence-corrected chi connectivity index (χ3v) is 5.27. The van der Waals surface area contributed by atoms with Crippen LogP contribution in [0, 0.1) is 0 Å². The largest absolute Gasteiger partial charge is 0.492 e. The molecule has 1 aliphatic heterocycles. The molecule has 0 aliphatic carbocycles. The summed E-state index contributed by atoms with van der Waals surface area (Å²) in [7, 11) is 0. The van der Waals surface area contributed by atoms with Gasteiger partial charge in [-0.2, -0.15) is 10.1 Å². The molecule has 0 bridgehead atoms. The van der Waals surface area contributed by atoms with Crippen molar-refractivity contribution >= 4 is 16.7 Å². The first-order chi connectivity index (χ1) is 14.3. The maximum absolute atomic E-state index is 5.78. The average Bonchev–Trinajstić information content (AvgIpc) is 3.23. The van der Waals surface area contributed by atoms with E-state index in [1.54, 1.807) is 6.20 Å². The molecule has 3 heterocycles. The van der Waals surface area contributed by atoms with Gasteiger partial charge in [0.15, 0.2) is 5.65 Å². The fraction of sp³-hybridized carbons (Fsp3) is 0.455. The molecular formula is C22H29N5O2. The van der Waals surface area contributed by atoms with Crippen molar-refractivity contribution in [1.82, 2.24) is 20.1 Å². The highest BCUT2D eigenvalue weighted by atomic mass is 16.5. The van der Waals surface area contributed by atoms with Gasteiger partial charge in [0.25, 0.3) is 0 Å². The summed E-state index contributed by atoms with van der Waals surface area (Å²) in [6.45, 7) is 8.77. The van der Waals surface area contributed by atoms with E-state index in [0.29, 0.717) is 19.1 Å². The number of piperazine rings is 1. The third-order valence-electron chi connectivity index (χ3n) is 5.27. The Bertz CT molecular complexity index is 905. The van der Waals surface area contributed by atoms with E-state index in [2.05, 4.69) is 43.2 Å². The summed E-state index contributed by atoms with van der Waals surface area (Å²) in [5.74, 6) is 1.64. The van der Waals surface area contributed by atoms with Crippen molar-refractivity contribution in [3.63, 3.8) is 0 Å². The Morgan fingerprint density at radius 2 is 1.86 bits per heavy atom. The van der Waals surface area contributed by atoms with Crippen LogP contribution in [0.2, 0.25) is 0 Å². The highest BCUT2D eigenvalue weighted by Crippen LogP contribution is 2.28. The summed E-state index contributed by atoms with van der Waals surface area (Å²) in [4.78, 5) is 9.38. The zero-order chi connectivity index (χ0) is 19.9. The van der Waals surface area contributed by atoms with Crippen molar-refractivity contribution in [2.75, 3.05) is 50.8 Å². The lowest BCUT2D eigenvalue weighted by molar-refractivity contribution is 0.236. The second-order valence-corrected chi connectivity index (χ2v) is 7.24. The van der Waals surface area contributed by atoms with Crippen molar-refractivity contribution < 1.29 is 9.47 Å². The topological polar surface area (TPSA) is 66.5 Å². The normalized spacial score (nSPS) is 15.0. The molecule has 7 heteroatoms. The van der Waals surface area contributed by atoms with Crippen LogP contribution < -0.4 is 14.4 Å². The molecule has 1 aromatic carbocycles. The molecule has 0 radical (unpaired) electrons. The smallest absolute Gasteiger partial charge is 0.215 e. The summed E-state index contributed by atoms with van der Waals surface area (Å²) < 4.78 is 11.6. The molecule has 154 valence electrons. The highest BCUT2D eigenvalue weighted by Gasteiger charge is 2.19. The maximum atomic E-state index is 5.78. The second kappa shape index (κ2) is 9.60. The quantitative estimate of drug-likeness (QED) is 0.561. The van der Waals surface area contributed by atoms with Gasteiger partial charge in [-0.1, -0.05) is 12.1 Å². The van der Waals surface area contributed by atoms with Crippen molar-refractivity contribution in [2.45, 2.75) is 19.8 Å². The summed E-state index contributed by atoms with van der Waals surface area (Å²) in [6.07, 6.45) is 3.92. The standard InChI is InChI=1S/C22H29N5O2/c1-2-28-20-8-4-3-7-19(20)27-14-12-26(13-15-27)11-5-6-16-29-21-10-9-18-17-23-25-22(18)24-21/h3-4,7-10,17H,2,5-6,11-16H2,1H3,(H,23,24,25). The molecular weight excluding hydrogens is 366 g/mol. The Hall–Kier alpha value is -2.80. The number of rotatable bonds is 9. The molecule has 0 unspecified atom stereocenters. The SMILES string of the molecule is CCOc1ccccc1N1CCN(CCCCOc2ccc3cn[nH]c3n2)CC1. The van der Waals surface area contributed by atoms with E-state index in [0.717, 1.165) is 62.3 Å². The second-order valence-electron chi connectivity index (χ2n) is 7.24. The molecule has 2 aromatic heterocycles. The predicted octanol–water partition coefficient (Wildman–Crippen LogP) is 3.34. The zero-order valence-electron chi connectivity index (χ0n) is 17.0. The summed E-state index contributed by atoms with van der Waals surface area (Å²) in [5, 5.41) is 7.85. The van der Waals surface area contributed by atoms with Gasteiger partial charge in [-0.05, 0) is 44.5 Å². The van der Waals surface area contributed by atoms with Crippen LogP contribution in [0.15, 0.2) is 42.6 Å². The summed E-state index contributed by atoms with van der Waals surface area (Å²) in [6, 6.07) is 12.2. The highest BCUT2D eigenvalue weighted by molar-refractivity contribution is 5.74. The minimum Gasteiger partial charge on any atom is -0.492 e. The molecule has 3 aromatic rings. The summed E-state index contributed by atoms with van der Waals surface area (Å²) in [5.41, 5.74) is 1.98. The predicted molar refractivity (Wildman–Crippen MR) is 115 cm³/mol. The fourth-order valence-electron chi connectivity index (χ4n) is 3.71. The number of benzene rings is 1. The van der Waals surface area contributed by atoms with E-state index in [-0.39, 0.29) is 0 Å². The van der Waals surface area contributed by atoms with Crippen LogP contribution in [0.25, 0.3) is 11.0 Å². The Morgan fingerprint density at radius 1 is 1.00 bits per heavy atom. The number of aromatic nitrogens is 3. The van der Waals surface area contributed by atoms with Gasteiger partial charge < -0.3 is 14.4 Å². The van der Waals surface area contributed by atoms with Gasteiger partial charge in [-0.25, -0.2) is 0 Å². The van der Waals surface area contributed by atoms with Gasteiger partial charge in [0.2, 0.25) is 5.88 Å². The number of pyridine rings is 1. The van der Waals surface area contributed by atoms with E-state index < -0.39 is 0 Å². The number of hydrogen-bond acceptors (Lipinski definition) is 6. The number of para-hydroxylation sites is 2. The maximum Gasteiger partial charge on any atom is 0.215 e. The lowest BCUT2D eigenvalue weighted by atomic mass is 10.2. The molecule has 29 heavy (non-hydrogen) atoms. The lowest BCUT2D eigenvalue weighted by Gasteiger charge is -2.36. The van der Waals surface area contributed by atoms with Crippen LogP contribution in [-0.4, -0.2) is 66.0 Å². The van der Waals surface area contributed by atoms with E-state index in [1.807, 2.05) is 25.1 Å². The molecule has 1 aliphatic rings. The fourth-order valence-corrected chi connectivity index (χ4v) is 3.71. The van der Waals surface area contributed by atoms with Gasteiger partial charge >= 0.3 is 0 Å². The van der Waals surface area contributed by atoms with E-state index >= 15 is 0 Å². The van der Waals surface area contributed by atoms with E-state index in [9.17, 15) is 0 Å². The number of H-pyrrole nitrogens is 1. The molecule has 1 N–H and O–H groups in total. The number of hydrogen-bond donors (Lipinski definition) is 1. The first kappa shape index (κ1) is 19.5. The minimum absolute atomic E-state index is 0.656. The van der Waals surface area contributed by atoms with Gasteiger partial charge in [0.05, 0.1) is 25.1 Å². The Kier molecular flexibility index (Phi) is 6.46. The number of nitrogens with one attached hydrogen (secondary N) is 1. The first-order valence-electron chi connectivity index (χ1n) is 10.5. The third kappa shape index (κ3) is 4.98. The van der Waals surface area contributed by atoms with Gasteiger partial charge in [-0.3, -0.25) is 10.00 Å².